The third kappa shape index (κ3) is 3.11. The minimum Gasteiger partial charge on any atom is -0.459 e. The van der Waals surface area contributed by atoms with E-state index in [1.807, 2.05) is 66.7 Å². The first-order valence-corrected chi connectivity index (χ1v) is 7.24. The van der Waals surface area contributed by atoms with E-state index in [1.54, 1.807) is 0 Å². The number of rotatable bonds is 4. The maximum Gasteiger partial charge on any atom is 0.134 e. The van der Waals surface area contributed by atoms with E-state index in [0.29, 0.717) is 6.54 Å². The summed E-state index contributed by atoms with van der Waals surface area (Å²) in [6, 6.07) is 22.2. The van der Waals surface area contributed by atoms with Crippen molar-refractivity contribution in [3.05, 3.63) is 77.0 Å². The molecule has 0 bridgehead atoms. The van der Waals surface area contributed by atoms with Crippen molar-refractivity contribution >= 4 is 21.6 Å². The van der Waals surface area contributed by atoms with E-state index in [-0.39, 0.29) is 0 Å². The molecule has 20 heavy (non-hydrogen) atoms. The molecule has 0 fully saturated rings. The lowest BCUT2D eigenvalue weighted by molar-refractivity contribution is 0.531. The maximum absolute atomic E-state index is 5.84. The second kappa shape index (κ2) is 5.97. The molecule has 3 rings (SSSR count). The molecule has 0 amide bonds. The maximum atomic E-state index is 5.84. The van der Waals surface area contributed by atoms with Gasteiger partial charge in [-0.05, 0) is 36.4 Å². The minimum atomic E-state index is 0.675. The molecule has 0 aliphatic rings. The molecule has 3 aromatic rings. The fraction of sp³-hybridized carbons (Fsp3) is 0.0588. The van der Waals surface area contributed by atoms with Crippen LogP contribution in [0.15, 0.2) is 75.6 Å². The van der Waals surface area contributed by atoms with Gasteiger partial charge in [-0.2, -0.15) is 0 Å². The van der Waals surface area contributed by atoms with E-state index in [4.69, 9.17) is 4.42 Å². The molecule has 100 valence electrons. The zero-order valence-corrected chi connectivity index (χ0v) is 12.4. The minimum absolute atomic E-state index is 0.675. The van der Waals surface area contributed by atoms with E-state index < -0.39 is 0 Å². The van der Waals surface area contributed by atoms with E-state index in [0.717, 1.165) is 27.2 Å². The van der Waals surface area contributed by atoms with Crippen LogP contribution in [-0.2, 0) is 6.54 Å². The van der Waals surface area contributed by atoms with Gasteiger partial charge in [0.25, 0.3) is 0 Å². The van der Waals surface area contributed by atoms with Gasteiger partial charge in [0, 0.05) is 15.7 Å². The number of anilines is 1. The first kappa shape index (κ1) is 13.0. The van der Waals surface area contributed by atoms with Gasteiger partial charge >= 0.3 is 0 Å². The van der Waals surface area contributed by atoms with E-state index >= 15 is 0 Å². The Morgan fingerprint density at radius 2 is 1.60 bits per heavy atom. The number of hydrogen-bond acceptors (Lipinski definition) is 2. The quantitative estimate of drug-likeness (QED) is 0.701. The van der Waals surface area contributed by atoms with Crippen molar-refractivity contribution in [2.24, 2.45) is 0 Å². The summed E-state index contributed by atoms with van der Waals surface area (Å²) in [7, 11) is 0. The van der Waals surface area contributed by atoms with Gasteiger partial charge < -0.3 is 9.73 Å². The summed E-state index contributed by atoms with van der Waals surface area (Å²) < 4.78 is 6.92. The van der Waals surface area contributed by atoms with Crippen molar-refractivity contribution in [2.45, 2.75) is 6.54 Å². The van der Waals surface area contributed by atoms with Crippen molar-refractivity contribution in [2.75, 3.05) is 5.32 Å². The van der Waals surface area contributed by atoms with Crippen LogP contribution in [0.25, 0.3) is 11.3 Å². The normalized spacial score (nSPS) is 10.4. The van der Waals surface area contributed by atoms with Crippen LogP contribution in [0.1, 0.15) is 5.76 Å². The molecule has 1 aromatic heterocycles. The fourth-order valence-corrected chi connectivity index (χ4v) is 2.25. The van der Waals surface area contributed by atoms with Crippen molar-refractivity contribution in [1.82, 2.24) is 0 Å². The van der Waals surface area contributed by atoms with Crippen LogP contribution in [0.2, 0.25) is 0 Å². The van der Waals surface area contributed by atoms with Crippen LogP contribution in [-0.4, -0.2) is 0 Å². The second-order valence-electron chi connectivity index (χ2n) is 4.49. The summed E-state index contributed by atoms with van der Waals surface area (Å²) in [6.07, 6.45) is 0. The molecule has 2 nitrogen and oxygen atoms in total. The first-order chi connectivity index (χ1) is 9.81. The van der Waals surface area contributed by atoms with Crippen LogP contribution in [0.3, 0.4) is 0 Å². The Hall–Kier alpha value is -2.00. The highest BCUT2D eigenvalue weighted by Gasteiger charge is 2.04. The van der Waals surface area contributed by atoms with Crippen molar-refractivity contribution in [1.29, 1.82) is 0 Å². The van der Waals surface area contributed by atoms with Crippen molar-refractivity contribution < 1.29 is 4.42 Å². The van der Waals surface area contributed by atoms with Gasteiger partial charge in [-0.1, -0.05) is 46.3 Å². The Balaban J connectivity index is 1.67. The van der Waals surface area contributed by atoms with Crippen LogP contribution in [0, 0.1) is 0 Å². The topological polar surface area (TPSA) is 25.2 Å². The molecule has 0 saturated heterocycles. The number of furan rings is 1. The van der Waals surface area contributed by atoms with Gasteiger partial charge in [-0.25, -0.2) is 0 Å². The van der Waals surface area contributed by atoms with Crippen LogP contribution in [0.5, 0.6) is 0 Å². The first-order valence-electron chi connectivity index (χ1n) is 6.45. The predicted molar refractivity (Wildman–Crippen MR) is 85.6 cm³/mol. The Morgan fingerprint density at radius 1 is 0.850 bits per heavy atom. The number of halogens is 1. The Bertz CT molecular complexity index is 674. The molecule has 1 heterocycles. The van der Waals surface area contributed by atoms with Gasteiger partial charge in [0.05, 0.1) is 6.54 Å². The van der Waals surface area contributed by atoms with Gasteiger partial charge in [0.2, 0.25) is 0 Å². The monoisotopic (exact) mass is 327 g/mol. The third-order valence-corrected chi connectivity index (χ3v) is 3.56. The van der Waals surface area contributed by atoms with Gasteiger partial charge in [-0.3, -0.25) is 0 Å². The Kier molecular flexibility index (Phi) is 3.88. The SMILES string of the molecule is Brc1ccc(NCc2ccc(-c3ccccc3)o2)cc1. The largest absolute Gasteiger partial charge is 0.459 e. The zero-order valence-electron chi connectivity index (χ0n) is 10.8. The Morgan fingerprint density at radius 3 is 2.35 bits per heavy atom. The smallest absolute Gasteiger partial charge is 0.134 e. The molecule has 1 N–H and O–H groups in total. The molecular formula is C17H14BrNO. The molecule has 0 saturated carbocycles. The number of nitrogens with one attached hydrogen (secondary N) is 1. The molecular weight excluding hydrogens is 314 g/mol. The molecule has 0 aliphatic carbocycles. The summed E-state index contributed by atoms with van der Waals surface area (Å²) in [4.78, 5) is 0. The van der Waals surface area contributed by atoms with Gasteiger partial charge in [-0.15, -0.1) is 0 Å². The van der Waals surface area contributed by atoms with Gasteiger partial charge in [0.15, 0.2) is 0 Å². The molecule has 0 unspecified atom stereocenters. The number of benzene rings is 2. The van der Waals surface area contributed by atoms with Crippen LogP contribution in [0.4, 0.5) is 5.69 Å². The summed E-state index contributed by atoms with van der Waals surface area (Å²) in [6.45, 7) is 0.675. The molecule has 0 aliphatic heterocycles. The highest BCUT2D eigenvalue weighted by Crippen LogP contribution is 2.22. The summed E-state index contributed by atoms with van der Waals surface area (Å²) in [5.74, 6) is 1.82. The third-order valence-electron chi connectivity index (χ3n) is 3.03. The van der Waals surface area contributed by atoms with Gasteiger partial charge in [0.1, 0.15) is 11.5 Å². The number of hydrogen-bond donors (Lipinski definition) is 1. The second-order valence-corrected chi connectivity index (χ2v) is 5.41. The van der Waals surface area contributed by atoms with Crippen LogP contribution < -0.4 is 5.32 Å². The zero-order chi connectivity index (χ0) is 13.8. The summed E-state index contributed by atoms with van der Waals surface area (Å²) >= 11 is 3.42. The summed E-state index contributed by atoms with van der Waals surface area (Å²) in [5, 5.41) is 3.34. The summed E-state index contributed by atoms with van der Waals surface area (Å²) in [5.41, 5.74) is 2.17. The predicted octanol–water partition coefficient (Wildman–Crippen LogP) is 5.32. The van der Waals surface area contributed by atoms with E-state index in [2.05, 4.69) is 21.2 Å². The van der Waals surface area contributed by atoms with Crippen molar-refractivity contribution in [3.63, 3.8) is 0 Å². The Labute approximate surface area is 126 Å². The highest BCUT2D eigenvalue weighted by atomic mass is 79.9. The molecule has 0 spiro atoms. The average Bonchev–Trinajstić information content (AvgIpc) is 2.97. The fourth-order valence-electron chi connectivity index (χ4n) is 1.99. The van der Waals surface area contributed by atoms with E-state index in [9.17, 15) is 0 Å². The van der Waals surface area contributed by atoms with Crippen LogP contribution >= 0.6 is 15.9 Å². The highest BCUT2D eigenvalue weighted by molar-refractivity contribution is 9.10. The lowest BCUT2D eigenvalue weighted by atomic mass is 10.2. The van der Waals surface area contributed by atoms with Crippen molar-refractivity contribution in [3.8, 4) is 11.3 Å². The molecule has 0 atom stereocenters. The molecule has 0 radical (unpaired) electrons. The average molecular weight is 328 g/mol. The molecule has 2 aromatic carbocycles. The lowest BCUT2D eigenvalue weighted by Crippen LogP contribution is -1.97. The standard InChI is InChI=1S/C17H14BrNO/c18-14-6-8-15(9-7-14)19-12-16-10-11-17(20-16)13-4-2-1-3-5-13/h1-11,19H,12H2. The lowest BCUT2D eigenvalue weighted by Gasteiger charge is -2.04. The molecule has 3 heteroatoms. The van der Waals surface area contributed by atoms with E-state index in [1.165, 1.54) is 0 Å².